The van der Waals surface area contributed by atoms with Crippen LogP contribution in [0.15, 0.2) is 23.2 Å². The van der Waals surface area contributed by atoms with E-state index in [2.05, 4.69) is 5.10 Å². The van der Waals surface area contributed by atoms with Gasteiger partial charge in [0.05, 0.1) is 12.7 Å². The van der Waals surface area contributed by atoms with Crippen LogP contribution in [0.2, 0.25) is 5.02 Å². The standard InChI is InChI=1S/C13H12ClF3N2O2S/c1-19-12(22-3)10(14)11(18-19)21-7-4-5-8(13(15,16)17)9(6-7)20-2/h4-6H,1-3H3. The van der Waals surface area contributed by atoms with E-state index in [9.17, 15) is 13.2 Å². The summed E-state index contributed by atoms with van der Waals surface area (Å²) in [4.78, 5) is 0. The van der Waals surface area contributed by atoms with Crippen LogP contribution in [-0.2, 0) is 13.2 Å². The molecule has 9 heteroatoms. The van der Waals surface area contributed by atoms with Crippen LogP contribution in [-0.4, -0.2) is 23.1 Å². The van der Waals surface area contributed by atoms with Crippen molar-refractivity contribution in [2.45, 2.75) is 11.2 Å². The van der Waals surface area contributed by atoms with Crippen molar-refractivity contribution in [2.75, 3.05) is 13.4 Å². The maximum absolute atomic E-state index is 12.8. The van der Waals surface area contributed by atoms with Gasteiger partial charge < -0.3 is 9.47 Å². The van der Waals surface area contributed by atoms with Crippen molar-refractivity contribution in [3.05, 3.63) is 28.8 Å². The Morgan fingerprint density at radius 3 is 2.50 bits per heavy atom. The van der Waals surface area contributed by atoms with Crippen molar-refractivity contribution >= 4 is 23.4 Å². The zero-order valence-corrected chi connectivity index (χ0v) is 13.4. The van der Waals surface area contributed by atoms with Crippen LogP contribution in [0.1, 0.15) is 5.56 Å². The number of halogens is 4. The van der Waals surface area contributed by atoms with Gasteiger partial charge in [-0.05, 0) is 18.4 Å². The highest BCUT2D eigenvalue weighted by Crippen LogP contribution is 2.40. The van der Waals surface area contributed by atoms with E-state index in [1.54, 1.807) is 7.05 Å². The lowest BCUT2D eigenvalue weighted by atomic mass is 10.2. The molecule has 0 fully saturated rings. The maximum Gasteiger partial charge on any atom is 0.419 e. The maximum atomic E-state index is 12.8. The lowest BCUT2D eigenvalue weighted by Gasteiger charge is -2.13. The van der Waals surface area contributed by atoms with Crippen molar-refractivity contribution < 1.29 is 22.6 Å². The highest BCUT2D eigenvalue weighted by Gasteiger charge is 2.34. The fraction of sp³-hybridized carbons (Fsp3) is 0.308. The summed E-state index contributed by atoms with van der Waals surface area (Å²) in [6.45, 7) is 0. The van der Waals surface area contributed by atoms with E-state index in [4.69, 9.17) is 21.1 Å². The number of benzene rings is 1. The van der Waals surface area contributed by atoms with Gasteiger partial charge in [0.1, 0.15) is 21.5 Å². The summed E-state index contributed by atoms with van der Waals surface area (Å²) in [7, 11) is 2.85. The second kappa shape index (κ2) is 6.29. The molecule has 0 aliphatic rings. The number of ether oxygens (including phenoxy) is 2. The number of methoxy groups -OCH3 is 1. The molecule has 0 saturated carbocycles. The van der Waals surface area contributed by atoms with Crippen LogP contribution in [0, 0.1) is 0 Å². The second-order valence-electron chi connectivity index (χ2n) is 4.21. The first kappa shape index (κ1) is 16.8. The zero-order valence-electron chi connectivity index (χ0n) is 11.9. The summed E-state index contributed by atoms with van der Waals surface area (Å²) >= 11 is 7.50. The van der Waals surface area contributed by atoms with Gasteiger partial charge in [-0.25, -0.2) is 0 Å². The molecule has 120 valence electrons. The molecule has 0 saturated heterocycles. The fourth-order valence-electron chi connectivity index (χ4n) is 1.83. The molecule has 0 radical (unpaired) electrons. The number of aryl methyl sites for hydroxylation is 1. The SMILES string of the molecule is COc1cc(Oc2nn(C)c(SC)c2Cl)ccc1C(F)(F)F. The molecule has 0 bridgehead atoms. The normalized spacial score (nSPS) is 11.6. The smallest absolute Gasteiger partial charge is 0.419 e. The van der Waals surface area contributed by atoms with Crippen molar-refractivity contribution in [3.63, 3.8) is 0 Å². The first-order chi connectivity index (χ1) is 10.3. The quantitative estimate of drug-likeness (QED) is 0.753. The third kappa shape index (κ3) is 3.27. The molecule has 0 atom stereocenters. The Balaban J connectivity index is 2.35. The minimum Gasteiger partial charge on any atom is -0.496 e. The van der Waals surface area contributed by atoms with Crippen molar-refractivity contribution in [1.29, 1.82) is 0 Å². The van der Waals surface area contributed by atoms with E-state index in [1.165, 1.54) is 22.5 Å². The topological polar surface area (TPSA) is 36.3 Å². The van der Waals surface area contributed by atoms with E-state index < -0.39 is 11.7 Å². The number of nitrogens with zero attached hydrogens (tertiary/aromatic N) is 2. The summed E-state index contributed by atoms with van der Waals surface area (Å²) in [5.74, 6) is -0.0602. The van der Waals surface area contributed by atoms with Gasteiger partial charge in [-0.1, -0.05) is 11.6 Å². The van der Waals surface area contributed by atoms with Gasteiger partial charge in [-0.3, -0.25) is 4.68 Å². The molecule has 4 nitrogen and oxygen atoms in total. The third-order valence-corrected chi connectivity index (χ3v) is 4.10. The number of aromatic nitrogens is 2. The van der Waals surface area contributed by atoms with Crippen LogP contribution in [0.5, 0.6) is 17.4 Å². The van der Waals surface area contributed by atoms with E-state index in [-0.39, 0.29) is 17.4 Å². The molecule has 1 aromatic heterocycles. The van der Waals surface area contributed by atoms with Crippen LogP contribution in [0.3, 0.4) is 0 Å². The van der Waals surface area contributed by atoms with Crippen LogP contribution >= 0.6 is 23.4 Å². The molecule has 22 heavy (non-hydrogen) atoms. The number of alkyl halides is 3. The average molecular weight is 353 g/mol. The molecule has 0 aliphatic carbocycles. The molecule has 0 N–H and O–H groups in total. The number of thioether (sulfide) groups is 1. The molecule has 0 amide bonds. The van der Waals surface area contributed by atoms with Gasteiger partial charge in [0.2, 0.25) is 0 Å². The number of hydrogen-bond donors (Lipinski definition) is 0. The molecule has 1 heterocycles. The Morgan fingerprint density at radius 1 is 1.32 bits per heavy atom. The minimum atomic E-state index is -4.50. The molecule has 2 rings (SSSR count). The highest BCUT2D eigenvalue weighted by atomic mass is 35.5. The second-order valence-corrected chi connectivity index (χ2v) is 5.39. The first-order valence-electron chi connectivity index (χ1n) is 5.97. The van der Waals surface area contributed by atoms with Gasteiger partial charge in [0.25, 0.3) is 5.88 Å². The molecular formula is C13H12ClF3N2O2S. The number of hydrogen-bond acceptors (Lipinski definition) is 4. The number of rotatable bonds is 4. The van der Waals surface area contributed by atoms with Gasteiger partial charge >= 0.3 is 6.18 Å². The first-order valence-corrected chi connectivity index (χ1v) is 7.57. The summed E-state index contributed by atoms with van der Waals surface area (Å²) in [6.07, 6.45) is -2.67. The summed E-state index contributed by atoms with van der Waals surface area (Å²) < 4.78 is 50.2. The average Bonchev–Trinajstić information content (AvgIpc) is 2.71. The van der Waals surface area contributed by atoms with Crippen molar-refractivity contribution in [1.82, 2.24) is 9.78 Å². The Bertz CT molecular complexity index is 689. The van der Waals surface area contributed by atoms with Gasteiger partial charge in [0.15, 0.2) is 0 Å². The van der Waals surface area contributed by atoms with E-state index >= 15 is 0 Å². The van der Waals surface area contributed by atoms with Crippen LogP contribution in [0.25, 0.3) is 0 Å². The van der Waals surface area contributed by atoms with E-state index in [0.29, 0.717) is 10.0 Å². The van der Waals surface area contributed by atoms with Crippen molar-refractivity contribution in [3.8, 4) is 17.4 Å². The predicted molar refractivity (Wildman–Crippen MR) is 78.1 cm³/mol. The molecule has 0 unspecified atom stereocenters. The molecule has 0 aliphatic heterocycles. The monoisotopic (exact) mass is 352 g/mol. The zero-order chi connectivity index (χ0) is 16.5. The third-order valence-electron chi connectivity index (χ3n) is 2.80. The van der Waals surface area contributed by atoms with E-state index in [0.717, 1.165) is 19.2 Å². The van der Waals surface area contributed by atoms with Gasteiger partial charge in [-0.15, -0.1) is 16.9 Å². The predicted octanol–water partition coefficient (Wildman–Crippen LogP) is 4.62. The van der Waals surface area contributed by atoms with Crippen molar-refractivity contribution in [2.24, 2.45) is 7.05 Å². The van der Waals surface area contributed by atoms with Crippen LogP contribution in [0.4, 0.5) is 13.2 Å². The summed E-state index contributed by atoms with van der Waals surface area (Å²) in [5.41, 5.74) is -0.876. The Hall–Kier alpha value is -1.54. The molecule has 2 aromatic rings. The highest BCUT2D eigenvalue weighted by molar-refractivity contribution is 7.98. The minimum absolute atomic E-state index is 0.121. The lowest BCUT2D eigenvalue weighted by Crippen LogP contribution is -2.07. The van der Waals surface area contributed by atoms with E-state index in [1.807, 2.05) is 6.26 Å². The summed E-state index contributed by atoms with van der Waals surface area (Å²) in [5, 5.41) is 5.07. The Labute approximate surface area is 134 Å². The summed E-state index contributed by atoms with van der Waals surface area (Å²) in [6, 6.07) is 3.22. The molecule has 0 spiro atoms. The fourth-order valence-corrected chi connectivity index (χ4v) is 2.83. The lowest BCUT2D eigenvalue weighted by molar-refractivity contribution is -0.138. The molecule has 1 aromatic carbocycles. The Kier molecular flexibility index (Phi) is 4.81. The van der Waals surface area contributed by atoms with Crippen LogP contribution < -0.4 is 9.47 Å². The largest absolute Gasteiger partial charge is 0.496 e. The van der Waals surface area contributed by atoms with Gasteiger partial charge in [-0.2, -0.15) is 13.2 Å². The molecular weight excluding hydrogens is 341 g/mol. The van der Waals surface area contributed by atoms with Gasteiger partial charge in [0, 0.05) is 13.1 Å². The Morgan fingerprint density at radius 2 is 2.00 bits per heavy atom.